The first kappa shape index (κ1) is 22.4. The molecule has 6 N–H and O–H groups in total. The van der Waals surface area contributed by atoms with E-state index in [2.05, 4.69) is 10.6 Å². The van der Waals surface area contributed by atoms with Crippen LogP contribution in [0.1, 0.15) is 0 Å². The van der Waals surface area contributed by atoms with Gasteiger partial charge in [-0.25, -0.2) is 8.42 Å². The predicted molar refractivity (Wildman–Crippen MR) is 72.1 cm³/mol. The number of aliphatic hydroxyl groups excluding tert-OH is 4. The molecule has 22 heavy (non-hydrogen) atoms. The Bertz CT molecular complexity index is 463. The topological polar surface area (TPSA) is 171 Å². The first-order valence-electron chi connectivity index (χ1n) is 5.94. The SMILES string of the molecule is O=S(=O)([O-])CCNC(=S)N[C@@H]1O[C@H](CO)[C@@H](O)[C@H](O)[C@H]1O.[Na+]. The van der Waals surface area contributed by atoms with Crippen LogP contribution in [-0.4, -0.2) is 88.1 Å². The van der Waals surface area contributed by atoms with Crippen molar-refractivity contribution >= 4 is 27.4 Å². The molecule has 1 saturated heterocycles. The zero-order chi connectivity index (χ0) is 16.2. The summed E-state index contributed by atoms with van der Waals surface area (Å²) in [5.74, 6) is -0.677. The van der Waals surface area contributed by atoms with Crippen molar-refractivity contribution in [3.8, 4) is 0 Å². The Balaban J connectivity index is 0.00000441. The summed E-state index contributed by atoms with van der Waals surface area (Å²) < 4.78 is 36.3. The van der Waals surface area contributed by atoms with E-state index < -0.39 is 53.1 Å². The van der Waals surface area contributed by atoms with Crippen molar-refractivity contribution in [2.24, 2.45) is 0 Å². The summed E-state index contributed by atoms with van der Waals surface area (Å²) in [5, 5.41) is 42.5. The summed E-state index contributed by atoms with van der Waals surface area (Å²) in [6.07, 6.45) is -6.88. The fraction of sp³-hybridized carbons (Fsp3) is 0.889. The predicted octanol–water partition coefficient (Wildman–Crippen LogP) is -7.20. The van der Waals surface area contributed by atoms with E-state index in [9.17, 15) is 28.3 Å². The number of rotatable bonds is 5. The van der Waals surface area contributed by atoms with Gasteiger partial charge in [-0.1, -0.05) is 0 Å². The van der Waals surface area contributed by atoms with E-state index in [4.69, 9.17) is 22.1 Å². The minimum absolute atomic E-state index is 0. The van der Waals surface area contributed by atoms with Gasteiger partial charge in [-0.05, 0) is 12.2 Å². The first-order valence-corrected chi connectivity index (χ1v) is 7.92. The Kier molecular flexibility index (Phi) is 9.81. The second kappa shape index (κ2) is 9.64. The molecule has 1 aliphatic heterocycles. The van der Waals surface area contributed by atoms with Crippen molar-refractivity contribution in [3.05, 3.63) is 0 Å². The van der Waals surface area contributed by atoms with Crippen molar-refractivity contribution in [3.63, 3.8) is 0 Å². The largest absolute Gasteiger partial charge is 1.00 e. The minimum atomic E-state index is -4.38. The number of thiocarbonyl (C=S) groups is 1. The number of aliphatic hydroxyl groups is 4. The molecule has 0 spiro atoms. The molecule has 0 aromatic rings. The third kappa shape index (κ3) is 6.88. The maximum atomic E-state index is 10.4. The first-order chi connectivity index (χ1) is 9.65. The standard InChI is InChI=1S/C9H18N2O8S2.Na/c12-3-4-5(13)6(14)7(15)8(19-4)11-9(20)10-1-2-21(16,17)18;/h4-8,12-15H,1-3H2,(H2,10,11,20)(H,16,17,18);/q;+1/p-1/t4-,5-,6+,7-,8-;/m1./s1. The summed E-state index contributed by atoms with van der Waals surface area (Å²) in [6.45, 7) is -0.827. The Morgan fingerprint density at radius 2 is 1.82 bits per heavy atom. The smallest absolute Gasteiger partial charge is 0.748 e. The molecule has 0 radical (unpaired) electrons. The van der Waals surface area contributed by atoms with Crippen molar-refractivity contribution in [1.29, 1.82) is 0 Å². The molecule has 0 unspecified atom stereocenters. The summed E-state index contributed by atoms with van der Waals surface area (Å²) in [5.41, 5.74) is 0. The number of nitrogens with one attached hydrogen (secondary N) is 2. The Morgan fingerprint density at radius 1 is 1.23 bits per heavy atom. The van der Waals surface area contributed by atoms with Gasteiger partial charge in [-0.2, -0.15) is 0 Å². The van der Waals surface area contributed by atoms with Gasteiger partial charge in [0.25, 0.3) is 0 Å². The Hall–Kier alpha value is 0.400. The van der Waals surface area contributed by atoms with Gasteiger partial charge in [0, 0.05) is 6.54 Å². The molecule has 1 rings (SSSR count). The monoisotopic (exact) mass is 368 g/mol. The van der Waals surface area contributed by atoms with Gasteiger partial charge in [0.1, 0.15) is 24.4 Å². The van der Waals surface area contributed by atoms with Crippen LogP contribution in [0.5, 0.6) is 0 Å². The van der Waals surface area contributed by atoms with Crippen LogP contribution in [0.4, 0.5) is 0 Å². The van der Waals surface area contributed by atoms with Crippen molar-refractivity contribution in [1.82, 2.24) is 10.6 Å². The van der Waals surface area contributed by atoms with Crippen LogP contribution in [0.2, 0.25) is 0 Å². The maximum Gasteiger partial charge on any atom is 1.00 e. The van der Waals surface area contributed by atoms with Crippen LogP contribution in [0.3, 0.4) is 0 Å². The molecule has 0 bridgehead atoms. The van der Waals surface area contributed by atoms with Crippen LogP contribution in [0.25, 0.3) is 0 Å². The van der Waals surface area contributed by atoms with Crippen molar-refractivity contribution in [2.45, 2.75) is 30.6 Å². The third-order valence-corrected chi connectivity index (χ3v) is 3.77. The average Bonchev–Trinajstić information content (AvgIpc) is 2.38. The van der Waals surface area contributed by atoms with Crippen molar-refractivity contribution in [2.75, 3.05) is 18.9 Å². The van der Waals surface area contributed by atoms with Gasteiger partial charge < -0.3 is 40.3 Å². The molecule has 10 nitrogen and oxygen atoms in total. The molecule has 13 heteroatoms. The van der Waals surface area contributed by atoms with E-state index in [1.807, 2.05) is 0 Å². The summed E-state index contributed by atoms with van der Waals surface area (Å²) >= 11 is 4.80. The van der Waals surface area contributed by atoms with Crippen molar-refractivity contribution < 1.29 is 67.7 Å². The summed E-state index contributed by atoms with van der Waals surface area (Å²) in [4.78, 5) is 0. The average molecular weight is 368 g/mol. The third-order valence-electron chi connectivity index (χ3n) is 2.80. The molecule has 0 aromatic carbocycles. The number of hydrogen-bond donors (Lipinski definition) is 6. The van der Waals surface area contributed by atoms with Gasteiger partial charge in [-0.15, -0.1) is 0 Å². The van der Waals surface area contributed by atoms with Crippen LogP contribution >= 0.6 is 12.2 Å². The second-order valence-electron chi connectivity index (χ2n) is 4.41. The zero-order valence-electron chi connectivity index (χ0n) is 11.7. The normalized spacial score (nSPS) is 32.0. The van der Waals surface area contributed by atoms with E-state index in [-0.39, 0.29) is 41.2 Å². The molecule has 124 valence electrons. The second-order valence-corrected chi connectivity index (χ2v) is 6.34. The molecule has 0 saturated carbocycles. The van der Waals surface area contributed by atoms with Crippen LogP contribution in [0, 0.1) is 0 Å². The van der Waals surface area contributed by atoms with Crippen LogP contribution in [0.15, 0.2) is 0 Å². The van der Waals surface area contributed by atoms with Gasteiger partial charge in [0.05, 0.1) is 22.5 Å². The fourth-order valence-corrected chi connectivity index (χ4v) is 2.26. The summed E-state index contributed by atoms with van der Waals surface area (Å²) in [7, 11) is -4.38. The van der Waals surface area contributed by atoms with E-state index in [1.165, 1.54) is 0 Å². The van der Waals surface area contributed by atoms with E-state index >= 15 is 0 Å². The van der Waals surface area contributed by atoms with Crippen LogP contribution < -0.4 is 40.2 Å². The number of ether oxygens (including phenoxy) is 1. The molecule has 5 atom stereocenters. The maximum absolute atomic E-state index is 10.4. The number of hydrogen-bond acceptors (Lipinski definition) is 9. The fourth-order valence-electron chi connectivity index (χ4n) is 1.69. The van der Waals surface area contributed by atoms with Gasteiger partial charge in [0.2, 0.25) is 0 Å². The molecule has 1 aliphatic rings. The Labute approximate surface area is 154 Å². The molecule has 1 fully saturated rings. The molecule has 0 amide bonds. The molecular weight excluding hydrogens is 351 g/mol. The molecule has 1 heterocycles. The van der Waals surface area contributed by atoms with Gasteiger partial charge in [-0.3, -0.25) is 0 Å². The zero-order valence-corrected chi connectivity index (χ0v) is 15.4. The van der Waals surface area contributed by atoms with Gasteiger partial charge in [0.15, 0.2) is 11.3 Å². The molecule has 0 aliphatic carbocycles. The molecule has 0 aromatic heterocycles. The quantitative estimate of drug-likeness (QED) is 0.155. The molecular formula is C9H17N2NaO8S2. The van der Waals surface area contributed by atoms with Crippen LogP contribution in [-0.2, 0) is 14.9 Å². The summed E-state index contributed by atoms with van der Waals surface area (Å²) in [6, 6.07) is 0. The Morgan fingerprint density at radius 3 is 2.32 bits per heavy atom. The van der Waals surface area contributed by atoms with E-state index in [1.54, 1.807) is 0 Å². The van der Waals surface area contributed by atoms with Gasteiger partial charge >= 0.3 is 29.6 Å². The van der Waals surface area contributed by atoms with E-state index in [0.717, 1.165) is 0 Å². The minimum Gasteiger partial charge on any atom is -0.748 e. The van der Waals surface area contributed by atoms with E-state index in [0.29, 0.717) is 0 Å².